The van der Waals surface area contributed by atoms with Gasteiger partial charge in [0.15, 0.2) is 0 Å². The number of ketones is 1. The Morgan fingerprint density at radius 2 is 1.81 bits per heavy atom. The standard InChI is InChI=1S/C13H16O3/c1-9(14)8-13(2,3)11-7-5-4-6-10(11)12(15)16/h4-7H,8H2,1-3H3,(H,15,16). The molecule has 86 valence electrons. The van der Waals surface area contributed by atoms with Gasteiger partial charge in [-0.2, -0.15) is 0 Å². The zero-order chi connectivity index (χ0) is 12.3. The minimum atomic E-state index is -0.952. The Bertz CT molecular complexity index is 419. The lowest BCUT2D eigenvalue weighted by atomic mass is 9.78. The van der Waals surface area contributed by atoms with E-state index in [-0.39, 0.29) is 11.3 Å². The highest BCUT2D eigenvalue weighted by Crippen LogP contribution is 2.30. The number of hydrogen-bond acceptors (Lipinski definition) is 2. The van der Waals surface area contributed by atoms with Crippen LogP contribution in [0, 0.1) is 0 Å². The van der Waals surface area contributed by atoms with Crippen LogP contribution in [0.25, 0.3) is 0 Å². The minimum Gasteiger partial charge on any atom is -0.478 e. The Hall–Kier alpha value is -1.64. The van der Waals surface area contributed by atoms with E-state index < -0.39 is 11.4 Å². The molecule has 1 N–H and O–H groups in total. The van der Waals surface area contributed by atoms with Gasteiger partial charge in [0.05, 0.1) is 5.56 Å². The Morgan fingerprint density at radius 3 is 2.31 bits per heavy atom. The number of Topliss-reactive ketones (excluding diaryl/α,β-unsaturated/α-hetero) is 1. The van der Waals surface area contributed by atoms with Crippen LogP contribution in [0.5, 0.6) is 0 Å². The molecule has 16 heavy (non-hydrogen) atoms. The van der Waals surface area contributed by atoms with Crippen molar-refractivity contribution >= 4 is 11.8 Å². The Balaban J connectivity index is 3.21. The molecule has 0 amide bonds. The van der Waals surface area contributed by atoms with E-state index in [4.69, 9.17) is 5.11 Å². The number of rotatable bonds is 4. The SMILES string of the molecule is CC(=O)CC(C)(C)c1ccccc1C(=O)O. The van der Waals surface area contributed by atoms with Crippen molar-refractivity contribution in [2.75, 3.05) is 0 Å². The predicted octanol–water partition coefficient (Wildman–Crippen LogP) is 2.64. The molecule has 0 aliphatic carbocycles. The average Bonchev–Trinajstić information content (AvgIpc) is 2.15. The molecule has 0 aromatic heterocycles. The van der Waals surface area contributed by atoms with Gasteiger partial charge < -0.3 is 5.11 Å². The van der Waals surface area contributed by atoms with Gasteiger partial charge in [-0.3, -0.25) is 4.79 Å². The lowest BCUT2D eigenvalue weighted by Gasteiger charge is -2.25. The lowest BCUT2D eigenvalue weighted by Crippen LogP contribution is -2.23. The normalized spacial score (nSPS) is 11.2. The first kappa shape index (κ1) is 12.4. The van der Waals surface area contributed by atoms with E-state index in [0.29, 0.717) is 12.0 Å². The molecule has 1 aromatic rings. The van der Waals surface area contributed by atoms with Gasteiger partial charge in [-0.15, -0.1) is 0 Å². The zero-order valence-electron chi connectivity index (χ0n) is 9.78. The number of benzene rings is 1. The van der Waals surface area contributed by atoms with Crippen LogP contribution in [-0.4, -0.2) is 16.9 Å². The number of carboxylic acids is 1. The maximum atomic E-state index is 11.2. The Kier molecular flexibility index (Phi) is 3.48. The van der Waals surface area contributed by atoms with Crippen LogP contribution in [-0.2, 0) is 10.2 Å². The summed E-state index contributed by atoms with van der Waals surface area (Å²) < 4.78 is 0. The smallest absolute Gasteiger partial charge is 0.335 e. The summed E-state index contributed by atoms with van der Waals surface area (Å²) in [4.78, 5) is 22.2. The van der Waals surface area contributed by atoms with Crippen molar-refractivity contribution in [2.24, 2.45) is 0 Å². The first-order valence-corrected chi connectivity index (χ1v) is 5.17. The van der Waals surface area contributed by atoms with Crippen molar-refractivity contribution in [3.8, 4) is 0 Å². The van der Waals surface area contributed by atoms with E-state index in [0.717, 1.165) is 0 Å². The zero-order valence-corrected chi connectivity index (χ0v) is 9.78. The highest BCUT2D eigenvalue weighted by Gasteiger charge is 2.26. The lowest BCUT2D eigenvalue weighted by molar-refractivity contribution is -0.118. The summed E-state index contributed by atoms with van der Waals surface area (Å²) >= 11 is 0. The predicted molar refractivity (Wildman–Crippen MR) is 61.7 cm³/mol. The molecule has 0 atom stereocenters. The molecule has 1 rings (SSSR count). The van der Waals surface area contributed by atoms with Crippen molar-refractivity contribution < 1.29 is 14.7 Å². The molecular weight excluding hydrogens is 204 g/mol. The second-order valence-electron chi connectivity index (χ2n) is 4.61. The topological polar surface area (TPSA) is 54.4 Å². The van der Waals surface area contributed by atoms with Crippen LogP contribution in [0.1, 0.15) is 43.1 Å². The molecule has 0 bridgehead atoms. The summed E-state index contributed by atoms with van der Waals surface area (Å²) in [5.74, 6) is -0.891. The van der Waals surface area contributed by atoms with E-state index in [9.17, 15) is 9.59 Å². The largest absolute Gasteiger partial charge is 0.478 e. The molecule has 0 aliphatic heterocycles. The van der Waals surface area contributed by atoms with Gasteiger partial charge in [-0.25, -0.2) is 4.79 Å². The number of aromatic carboxylic acids is 1. The molecule has 0 saturated carbocycles. The second kappa shape index (κ2) is 4.47. The number of carbonyl (C=O) groups excluding carboxylic acids is 1. The molecular formula is C13H16O3. The molecule has 0 unspecified atom stereocenters. The molecule has 0 spiro atoms. The van der Waals surface area contributed by atoms with Gasteiger partial charge >= 0.3 is 5.97 Å². The molecule has 0 aliphatic rings. The summed E-state index contributed by atoms with van der Waals surface area (Å²) in [6, 6.07) is 6.83. The van der Waals surface area contributed by atoms with E-state index in [1.165, 1.54) is 6.92 Å². The molecule has 0 radical (unpaired) electrons. The second-order valence-corrected chi connectivity index (χ2v) is 4.61. The van der Waals surface area contributed by atoms with Crippen molar-refractivity contribution in [2.45, 2.75) is 32.6 Å². The Labute approximate surface area is 95.1 Å². The van der Waals surface area contributed by atoms with Gasteiger partial charge in [0.1, 0.15) is 5.78 Å². The third-order valence-electron chi connectivity index (χ3n) is 2.58. The van der Waals surface area contributed by atoms with Crippen molar-refractivity contribution in [3.05, 3.63) is 35.4 Å². The highest BCUT2D eigenvalue weighted by atomic mass is 16.4. The minimum absolute atomic E-state index is 0.0604. The van der Waals surface area contributed by atoms with E-state index in [1.54, 1.807) is 24.3 Å². The van der Waals surface area contributed by atoms with Gasteiger partial charge in [0, 0.05) is 6.42 Å². The first-order valence-electron chi connectivity index (χ1n) is 5.17. The number of hydrogen-bond donors (Lipinski definition) is 1. The quantitative estimate of drug-likeness (QED) is 0.848. The van der Waals surface area contributed by atoms with Crippen molar-refractivity contribution in [1.82, 2.24) is 0 Å². The molecule has 1 aromatic carbocycles. The third kappa shape index (κ3) is 2.69. The summed E-state index contributed by atoms with van der Waals surface area (Å²) in [5, 5.41) is 9.08. The average molecular weight is 220 g/mol. The summed E-state index contributed by atoms with van der Waals surface area (Å²) in [5.41, 5.74) is 0.535. The number of carboxylic acid groups (broad SMARTS) is 1. The summed E-state index contributed by atoms with van der Waals surface area (Å²) in [7, 11) is 0. The fourth-order valence-electron chi connectivity index (χ4n) is 1.98. The molecule has 0 fully saturated rings. The van der Waals surface area contributed by atoms with Gasteiger partial charge in [-0.1, -0.05) is 32.0 Å². The highest BCUT2D eigenvalue weighted by molar-refractivity contribution is 5.90. The molecule has 3 nitrogen and oxygen atoms in total. The van der Waals surface area contributed by atoms with Crippen LogP contribution >= 0.6 is 0 Å². The van der Waals surface area contributed by atoms with Crippen LogP contribution in [0.15, 0.2) is 24.3 Å². The van der Waals surface area contributed by atoms with E-state index in [1.807, 2.05) is 13.8 Å². The van der Waals surface area contributed by atoms with Gasteiger partial charge in [0.2, 0.25) is 0 Å². The van der Waals surface area contributed by atoms with E-state index >= 15 is 0 Å². The maximum Gasteiger partial charge on any atom is 0.335 e. The third-order valence-corrected chi connectivity index (χ3v) is 2.58. The molecule has 3 heteroatoms. The van der Waals surface area contributed by atoms with Crippen molar-refractivity contribution in [1.29, 1.82) is 0 Å². The monoisotopic (exact) mass is 220 g/mol. The van der Waals surface area contributed by atoms with Gasteiger partial charge in [0.25, 0.3) is 0 Å². The molecule has 0 heterocycles. The van der Waals surface area contributed by atoms with Crippen molar-refractivity contribution in [3.63, 3.8) is 0 Å². The summed E-state index contributed by atoms with van der Waals surface area (Å²) in [6.07, 6.45) is 0.345. The summed E-state index contributed by atoms with van der Waals surface area (Å²) in [6.45, 7) is 5.29. The van der Waals surface area contributed by atoms with Crippen LogP contribution in [0.2, 0.25) is 0 Å². The number of carbonyl (C=O) groups is 2. The van der Waals surface area contributed by atoms with Gasteiger partial charge in [-0.05, 0) is 24.0 Å². The van der Waals surface area contributed by atoms with Crippen LogP contribution in [0.3, 0.4) is 0 Å². The molecule has 0 saturated heterocycles. The fourth-order valence-corrected chi connectivity index (χ4v) is 1.98. The first-order chi connectivity index (χ1) is 7.34. The van der Waals surface area contributed by atoms with Crippen LogP contribution < -0.4 is 0 Å². The Morgan fingerprint density at radius 1 is 1.25 bits per heavy atom. The fraction of sp³-hybridized carbons (Fsp3) is 0.385. The van der Waals surface area contributed by atoms with E-state index in [2.05, 4.69) is 0 Å². The maximum absolute atomic E-state index is 11.2. The van der Waals surface area contributed by atoms with Crippen LogP contribution in [0.4, 0.5) is 0 Å².